The van der Waals surface area contributed by atoms with E-state index in [0.29, 0.717) is 57.6 Å². The van der Waals surface area contributed by atoms with Crippen molar-refractivity contribution in [1.29, 1.82) is 0 Å². The molecular formula is C42H65F2N3O9. The van der Waals surface area contributed by atoms with Gasteiger partial charge in [0.1, 0.15) is 48.6 Å². The third-order valence-electron chi connectivity index (χ3n) is 7.95. The van der Waals surface area contributed by atoms with Gasteiger partial charge in [0, 0.05) is 25.2 Å². The summed E-state index contributed by atoms with van der Waals surface area (Å²) in [6.07, 6.45) is 1.19. The van der Waals surface area contributed by atoms with E-state index in [1.165, 1.54) is 30.3 Å². The van der Waals surface area contributed by atoms with Crippen LogP contribution in [-0.2, 0) is 23.7 Å². The minimum Gasteiger partial charge on any atom is -0.491 e. The van der Waals surface area contributed by atoms with Gasteiger partial charge in [-0.1, -0.05) is 60.3 Å². The molecule has 2 aromatic carbocycles. The first-order valence-corrected chi connectivity index (χ1v) is 19.5. The van der Waals surface area contributed by atoms with Crippen LogP contribution < -0.4 is 14.8 Å². The number of carbonyl (C=O) groups excluding carboxylic acids is 3. The van der Waals surface area contributed by atoms with Crippen LogP contribution in [0.1, 0.15) is 85.8 Å². The maximum absolute atomic E-state index is 13.4. The molecule has 2 heterocycles. The van der Waals surface area contributed by atoms with Gasteiger partial charge in [-0.15, -0.1) is 0 Å². The number of aryl methyl sites for hydroxylation is 1. The summed E-state index contributed by atoms with van der Waals surface area (Å²) in [5.41, 5.74) is 1.33. The highest BCUT2D eigenvalue weighted by Crippen LogP contribution is 2.27. The molecule has 0 saturated carbocycles. The van der Waals surface area contributed by atoms with Gasteiger partial charge in [0.15, 0.2) is 0 Å². The lowest BCUT2D eigenvalue weighted by molar-refractivity contribution is -0.134. The Morgan fingerprint density at radius 2 is 1.52 bits per heavy atom. The lowest BCUT2D eigenvalue weighted by atomic mass is 10.0. The lowest BCUT2D eigenvalue weighted by Crippen LogP contribution is -2.56. The van der Waals surface area contributed by atoms with Gasteiger partial charge in [-0.3, -0.25) is 4.79 Å². The Balaban J connectivity index is 0.000000525. The molecule has 1 unspecified atom stereocenters. The second kappa shape index (κ2) is 26.4. The fraction of sp³-hybridized carbons (Fsp3) is 0.595. The molecule has 2 saturated heterocycles. The van der Waals surface area contributed by atoms with Gasteiger partial charge in [0.2, 0.25) is 5.91 Å². The van der Waals surface area contributed by atoms with Crippen molar-refractivity contribution >= 4 is 18.1 Å². The highest BCUT2D eigenvalue weighted by molar-refractivity contribution is 5.87. The first kappa shape index (κ1) is 49.6. The molecule has 0 aromatic heterocycles. The summed E-state index contributed by atoms with van der Waals surface area (Å²) < 4.78 is 59.0. The van der Waals surface area contributed by atoms with Crippen molar-refractivity contribution in [1.82, 2.24) is 15.1 Å². The lowest BCUT2D eigenvalue weighted by Gasteiger charge is -2.39. The Hall–Kier alpha value is -4.43. The van der Waals surface area contributed by atoms with E-state index in [0.717, 1.165) is 17.5 Å². The van der Waals surface area contributed by atoms with Crippen molar-refractivity contribution in [3.8, 4) is 11.5 Å². The molecule has 2 aliphatic heterocycles. The van der Waals surface area contributed by atoms with Gasteiger partial charge >= 0.3 is 12.2 Å². The maximum Gasteiger partial charge on any atom is 0.410 e. The van der Waals surface area contributed by atoms with Crippen LogP contribution in [0.3, 0.4) is 0 Å². The number of halogens is 2. The fourth-order valence-electron chi connectivity index (χ4n) is 5.01. The first-order valence-electron chi connectivity index (χ1n) is 19.5. The molecule has 1 N–H and O–H groups in total. The normalized spacial score (nSPS) is 14.6. The van der Waals surface area contributed by atoms with Crippen molar-refractivity contribution in [2.45, 2.75) is 99.3 Å². The van der Waals surface area contributed by atoms with Crippen LogP contribution in [0, 0.1) is 18.6 Å². The van der Waals surface area contributed by atoms with Crippen molar-refractivity contribution in [3.05, 3.63) is 71.8 Å². The third-order valence-corrected chi connectivity index (χ3v) is 7.95. The molecule has 0 radical (unpaired) electrons. The molecule has 4 rings (SSSR count). The van der Waals surface area contributed by atoms with E-state index in [9.17, 15) is 23.2 Å². The summed E-state index contributed by atoms with van der Waals surface area (Å²) >= 11 is 0. The van der Waals surface area contributed by atoms with E-state index in [2.05, 4.69) is 11.9 Å². The number of amides is 3. The predicted molar refractivity (Wildman–Crippen MR) is 213 cm³/mol. The Labute approximate surface area is 332 Å². The molecule has 0 bridgehead atoms. The van der Waals surface area contributed by atoms with Crippen molar-refractivity contribution in [3.63, 3.8) is 0 Å². The van der Waals surface area contributed by atoms with Crippen LogP contribution in [0.2, 0.25) is 0 Å². The number of hydrogen-bond donors (Lipinski definition) is 1. The topological polar surface area (TPSA) is 125 Å². The van der Waals surface area contributed by atoms with Crippen LogP contribution in [0.4, 0.5) is 18.4 Å². The number of nitrogens with one attached hydrogen (secondary N) is 1. The average Bonchev–Trinajstić information content (AvgIpc) is 3.12. The van der Waals surface area contributed by atoms with E-state index < -0.39 is 11.7 Å². The molecular weight excluding hydrogens is 728 g/mol. The van der Waals surface area contributed by atoms with Crippen LogP contribution in [0.15, 0.2) is 49.1 Å². The summed E-state index contributed by atoms with van der Waals surface area (Å²) in [6, 6.07) is 8.87. The molecule has 14 heteroatoms. The molecule has 0 aliphatic carbocycles. The molecule has 0 spiro atoms. The highest BCUT2D eigenvalue weighted by Gasteiger charge is 2.34. The summed E-state index contributed by atoms with van der Waals surface area (Å²) in [6.45, 7) is 26.6. The minimum absolute atomic E-state index is 0.000255. The van der Waals surface area contributed by atoms with Gasteiger partial charge in [-0.05, 0) is 69.4 Å². The SMILES string of the molecule is C=CC(=O)N1CCC1COC(=O)NCCOCCOc1cc(F)ccc1C(C)C.CC.CC.Cc1ccc(F)cc1OCCOC1CN(C(=O)OC(C)(C)C)C1. The van der Waals surface area contributed by atoms with E-state index in [4.69, 9.17) is 28.4 Å². The maximum atomic E-state index is 13.4. The van der Waals surface area contributed by atoms with Gasteiger partial charge in [-0.25, -0.2) is 18.4 Å². The fourth-order valence-corrected chi connectivity index (χ4v) is 5.01. The minimum atomic E-state index is -0.552. The molecule has 1 atom stereocenters. The second-order valence-electron chi connectivity index (χ2n) is 13.6. The molecule has 3 amide bonds. The molecule has 316 valence electrons. The van der Waals surface area contributed by atoms with Gasteiger partial charge in [0.25, 0.3) is 0 Å². The number of rotatable bonds is 16. The number of hydrogen-bond acceptors (Lipinski definition) is 9. The van der Waals surface area contributed by atoms with E-state index >= 15 is 0 Å². The molecule has 2 fully saturated rings. The van der Waals surface area contributed by atoms with Crippen molar-refractivity contribution in [2.75, 3.05) is 65.8 Å². The van der Waals surface area contributed by atoms with Crippen molar-refractivity contribution < 1.29 is 51.6 Å². The van der Waals surface area contributed by atoms with Gasteiger partial charge < -0.3 is 43.5 Å². The Kier molecular flexibility index (Phi) is 23.4. The molecule has 2 aromatic rings. The van der Waals surface area contributed by atoms with E-state index in [1.807, 2.05) is 69.2 Å². The third kappa shape index (κ3) is 18.5. The summed E-state index contributed by atoms with van der Waals surface area (Å²) in [7, 11) is 0. The zero-order valence-electron chi connectivity index (χ0n) is 35.1. The standard InChI is InChI=1S/C21H29FN2O5.C17H24FNO4.2C2H6/c1-4-20(25)24-9-7-17(24)14-29-21(26)23-8-10-27-11-12-28-19-13-16(22)5-6-18(19)15(2)3;1-12-5-6-13(18)9-15(12)22-8-7-21-14-10-19(11-14)16(20)23-17(2,3)4;2*1-2/h4-6,13,15,17H,1,7-12,14H2,2-3H3,(H,23,26);5-6,9,14H,7-8,10-11H2,1-4H3;2*1-2H3. The first-order chi connectivity index (χ1) is 26.7. The van der Waals surface area contributed by atoms with Crippen LogP contribution in [0.5, 0.6) is 11.5 Å². The van der Waals surface area contributed by atoms with Crippen LogP contribution in [-0.4, -0.2) is 111 Å². The number of nitrogens with zero attached hydrogens (tertiary/aromatic N) is 2. The molecule has 2 aliphatic rings. The quantitative estimate of drug-likeness (QED) is 0.133. The van der Waals surface area contributed by atoms with Gasteiger partial charge in [-0.2, -0.15) is 0 Å². The number of alkyl carbamates (subject to hydrolysis) is 1. The monoisotopic (exact) mass is 793 g/mol. The van der Waals surface area contributed by atoms with E-state index in [1.54, 1.807) is 21.9 Å². The molecule has 56 heavy (non-hydrogen) atoms. The number of ether oxygens (including phenoxy) is 6. The largest absolute Gasteiger partial charge is 0.491 e. The van der Waals surface area contributed by atoms with Crippen LogP contribution >= 0.6 is 0 Å². The smallest absolute Gasteiger partial charge is 0.410 e. The Morgan fingerprint density at radius 3 is 2.11 bits per heavy atom. The zero-order chi connectivity index (χ0) is 42.3. The van der Waals surface area contributed by atoms with Crippen LogP contribution in [0.25, 0.3) is 0 Å². The average molecular weight is 794 g/mol. The number of benzene rings is 2. The highest BCUT2D eigenvalue weighted by atomic mass is 19.1. The summed E-state index contributed by atoms with van der Waals surface area (Å²) in [5, 5.41) is 2.58. The predicted octanol–water partition coefficient (Wildman–Crippen LogP) is 8.06. The Bertz CT molecular complexity index is 1480. The summed E-state index contributed by atoms with van der Waals surface area (Å²) in [4.78, 5) is 38.2. The molecule has 12 nitrogen and oxygen atoms in total. The second-order valence-corrected chi connectivity index (χ2v) is 13.6. The number of likely N-dealkylation sites (tertiary alicyclic amines) is 2. The summed E-state index contributed by atoms with van der Waals surface area (Å²) in [5.74, 6) is 0.455. The van der Waals surface area contributed by atoms with Gasteiger partial charge in [0.05, 0.1) is 45.1 Å². The zero-order valence-corrected chi connectivity index (χ0v) is 35.1. The van der Waals surface area contributed by atoms with Crippen molar-refractivity contribution in [2.24, 2.45) is 0 Å². The van der Waals surface area contributed by atoms with E-state index in [-0.39, 0.29) is 61.5 Å². The number of carbonyl (C=O) groups is 3. The Morgan fingerprint density at radius 1 is 0.911 bits per heavy atom.